The van der Waals surface area contributed by atoms with Crippen LogP contribution in [0, 0.1) is 0 Å². The van der Waals surface area contributed by atoms with Crippen LogP contribution >= 0.6 is 15.9 Å². The Morgan fingerprint density at radius 1 is 1.00 bits per heavy atom. The molecule has 2 rings (SSSR count). The van der Waals surface area contributed by atoms with Crippen molar-refractivity contribution < 1.29 is 19.3 Å². The summed E-state index contributed by atoms with van der Waals surface area (Å²) in [6, 6.07) is 4.09. The van der Waals surface area contributed by atoms with Crippen molar-refractivity contribution >= 4 is 15.9 Å². The number of rotatable bonds is 5. The lowest BCUT2D eigenvalue weighted by atomic mass is 10.1. The molecule has 1 heterocycles. The van der Waals surface area contributed by atoms with E-state index in [-0.39, 0.29) is 0 Å². The van der Waals surface area contributed by atoms with Gasteiger partial charge in [0.2, 0.25) is 0 Å². The summed E-state index contributed by atoms with van der Waals surface area (Å²) in [4.78, 5) is 3.37. The zero-order valence-electron chi connectivity index (χ0n) is 12.6. The fourth-order valence-electron chi connectivity index (χ4n) is 2.79. The Labute approximate surface area is 129 Å². The number of nitrogens with one attached hydrogen (secondary N) is 2. The van der Waals surface area contributed by atoms with E-state index < -0.39 is 0 Å². The average molecular weight is 345 g/mol. The topological polar surface area (TPSA) is 27.3 Å². The third-order valence-corrected chi connectivity index (χ3v) is 4.90. The van der Waals surface area contributed by atoms with Crippen molar-refractivity contribution in [2.75, 3.05) is 46.9 Å². The average Bonchev–Trinajstić information content (AvgIpc) is 2.49. The number of quaternary nitrogens is 2. The predicted molar refractivity (Wildman–Crippen MR) is 82.9 cm³/mol. The second-order valence-corrected chi connectivity index (χ2v) is 6.18. The lowest BCUT2D eigenvalue weighted by molar-refractivity contribution is -1.02. The van der Waals surface area contributed by atoms with Crippen molar-refractivity contribution in [2.24, 2.45) is 0 Å². The maximum absolute atomic E-state index is 5.40. The van der Waals surface area contributed by atoms with Crippen LogP contribution in [0.3, 0.4) is 0 Å². The quantitative estimate of drug-likeness (QED) is 0.772. The molecule has 112 valence electrons. The molecule has 1 fully saturated rings. The molecule has 0 bridgehead atoms. The van der Waals surface area contributed by atoms with E-state index in [2.05, 4.69) is 28.9 Å². The van der Waals surface area contributed by atoms with Gasteiger partial charge in [0.25, 0.3) is 0 Å². The predicted octanol–water partition coefficient (Wildman–Crippen LogP) is -0.230. The number of likely N-dealkylation sites (N-methyl/N-ethyl adjacent to an activating group) is 1. The maximum atomic E-state index is 5.40. The van der Waals surface area contributed by atoms with Crippen LogP contribution < -0.4 is 19.3 Å². The summed E-state index contributed by atoms with van der Waals surface area (Å²) >= 11 is 3.65. The number of benzene rings is 1. The van der Waals surface area contributed by atoms with Gasteiger partial charge in [0.1, 0.15) is 32.7 Å². The Hall–Kier alpha value is -0.780. The summed E-state index contributed by atoms with van der Waals surface area (Å²) in [6.07, 6.45) is 0. The van der Waals surface area contributed by atoms with E-state index >= 15 is 0 Å². The molecule has 0 radical (unpaired) electrons. The van der Waals surface area contributed by atoms with E-state index in [4.69, 9.17) is 9.47 Å². The molecule has 1 aromatic carbocycles. The molecular formula is C15H25BrN2O2+2. The molecule has 20 heavy (non-hydrogen) atoms. The molecule has 0 aromatic heterocycles. The first kappa shape index (κ1) is 15.6. The third kappa shape index (κ3) is 3.65. The summed E-state index contributed by atoms with van der Waals surface area (Å²) in [7, 11) is 3.35. The van der Waals surface area contributed by atoms with Crippen molar-refractivity contribution in [1.29, 1.82) is 0 Å². The Kier molecular flexibility index (Phi) is 5.69. The summed E-state index contributed by atoms with van der Waals surface area (Å²) < 4.78 is 11.8. The first-order valence-electron chi connectivity index (χ1n) is 7.25. The van der Waals surface area contributed by atoms with Crippen LogP contribution in [0.1, 0.15) is 12.5 Å². The van der Waals surface area contributed by atoms with Gasteiger partial charge in [0.05, 0.1) is 20.8 Å². The third-order valence-electron chi connectivity index (χ3n) is 4.16. The highest BCUT2D eigenvalue weighted by molar-refractivity contribution is 9.10. The zero-order valence-corrected chi connectivity index (χ0v) is 14.2. The van der Waals surface area contributed by atoms with E-state index in [1.54, 1.807) is 24.0 Å². The number of piperazine rings is 1. The minimum atomic E-state index is 0.776. The van der Waals surface area contributed by atoms with Gasteiger partial charge in [-0.15, -0.1) is 0 Å². The van der Waals surface area contributed by atoms with Crippen molar-refractivity contribution in [1.82, 2.24) is 0 Å². The second-order valence-electron chi connectivity index (χ2n) is 5.33. The zero-order chi connectivity index (χ0) is 14.5. The largest absolute Gasteiger partial charge is 0.493 e. The van der Waals surface area contributed by atoms with E-state index in [0.717, 1.165) is 22.5 Å². The Balaban J connectivity index is 2.06. The Bertz CT molecular complexity index is 446. The van der Waals surface area contributed by atoms with Crippen molar-refractivity contribution in [3.05, 3.63) is 22.2 Å². The molecule has 5 heteroatoms. The van der Waals surface area contributed by atoms with Crippen LogP contribution in [0.25, 0.3) is 0 Å². The van der Waals surface area contributed by atoms with Crippen molar-refractivity contribution in [3.63, 3.8) is 0 Å². The molecule has 0 atom stereocenters. The molecule has 0 spiro atoms. The van der Waals surface area contributed by atoms with E-state index in [1.165, 1.54) is 38.3 Å². The highest BCUT2D eigenvalue weighted by Crippen LogP contribution is 2.32. The van der Waals surface area contributed by atoms with Gasteiger partial charge in [-0.1, -0.05) is 15.9 Å². The molecule has 1 aliphatic heterocycles. The molecule has 0 saturated carbocycles. The lowest BCUT2D eigenvalue weighted by Gasteiger charge is -2.29. The van der Waals surface area contributed by atoms with Gasteiger partial charge in [-0.25, -0.2) is 0 Å². The summed E-state index contributed by atoms with van der Waals surface area (Å²) in [5.74, 6) is 1.58. The van der Waals surface area contributed by atoms with Crippen LogP contribution in [-0.2, 0) is 6.54 Å². The van der Waals surface area contributed by atoms with Crippen LogP contribution in [0.2, 0.25) is 0 Å². The van der Waals surface area contributed by atoms with Crippen LogP contribution in [0.4, 0.5) is 0 Å². The van der Waals surface area contributed by atoms with E-state index in [1.807, 2.05) is 6.07 Å². The first-order valence-corrected chi connectivity index (χ1v) is 8.04. The number of hydrogen-bond acceptors (Lipinski definition) is 2. The minimum Gasteiger partial charge on any atom is -0.493 e. The highest BCUT2D eigenvalue weighted by Gasteiger charge is 2.23. The van der Waals surface area contributed by atoms with Gasteiger partial charge in [-0.2, -0.15) is 0 Å². The maximum Gasteiger partial charge on any atom is 0.161 e. The Morgan fingerprint density at radius 3 is 2.10 bits per heavy atom. The first-order chi connectivity index (χ1) is 9.67. The van der Waals surface area contributed by atoms with E-state index in [9.17, 15) is 0 Å². The standard InChI is InChI=1S/C15H23BrN2O2/c1-4-17-5-7-18(8-6-17)11-12-9-14(19-2)15(20-3)10-13(12)16/h9-10H,4-8,11H2,1-3H3/p+2. The molecule has 0 amide bonds. The molecule has 1 saturated heterocycles. The van der Waals surface area contributed by atoms with Gasteiger partial charge in [0, 0.05) is 10.0 Å². The second kappa shape index (κ2) is 7.29. The SMILES string of the molecule is CC[NH+]1CC[NH+](Cc2cc(OC)c(OC)cc2Br)CC1. The van der Waals surface area contributed by atoms with E-state index in [0.29, 0.717) is 0 Å². The summed E-state index contributed by atoms with van der Waals surface area (Å²) in [5.41, 5.74) is 1.29. The van der Waals surface area contributed by atoms with Crippen LogP contribution in [-0.4, -0.2) is 46.9 Å². The molecule has 1 aliphatic rings. The molecule has 1 aromatic rings. The van der Waals surface area contributed by atoms with Gasteiger partial charge in [-0.3, -0.25) is 0 Å². The minimum absolute atomic E-state index is 0.776. The highest BCUT2D eigenvalue weighted by atomic mass is 79.9. The monoisotopic (exact) mass is 344 g/mol. The number of methoxy groups -OCH3 is 2. The normalized spacial score (nSPS) is 22.6. The van der Waals surface area contributed by atoms with Crippen molar-refractivity contribution in [2.45, 2.75) is 13.5 Å². The van der Waals surface area contributed by atoms with Crippen molar-refractivity contribution in [3.8, 4) is 11.5 Å². The van der Waals surface area contributed by atoms with Crippen LogP contribution in [0.15, 0.2) is 16.6 Å². The van der Waals surface area contributed by atoms with Crippen LogP contribution in [0.5, 0.6) is 11.5 Å². The van der Waals surface area contributed by atoms with Gasteiger partial charge in [0.15, 0.2) is 11.5 Å². The Morgan fingerprint density at radius 2 is 1.55 bits per heavy atom. The molecule has 4 nitrogen and oxygen atoms in total. The van der Waals surface area contributed by atoms with Gasteiger partial charge >= 0.3 is 0 Å². The lowest BCUT2D eigenvalue weighted by Crippen LogP contribution is -3.27. The molecule has 0 aliphatic carbocycles. The van der Waals surface area contributed by atoms with Gasteiger partial charge in [-0.05, 0) is 19.1 Å². The molecular weight excluding hydrogens is 320 g/mol. The van der Waals surface area contributed by atoms with Gasteiger partial charge < -0.3 is 19.3 Å². The summed E-state index contributed by atoms with van der Waals surface area (Å²) in [5, 5.41) is 0. The fraction of sp³-hybridized carbons (Fsp3) is 0.600. The smallest absolute Gasteiger partial charge is 0.161 e. The fourth-order valence-corrected chi connectivity index (χ4v) is 3.25. The number of halogens is 1. The molecule has 0 unspecified atom stereocenters. The summed E-state index contributed by atoms with van der Waals surface area (Å²) in [6.45, 7) is 9.58. The number of ether oxygens (including phenoxy) is 2. The molecule has 2 N–H and O–H groups in total. The number of hydrogen-bond donors (Lipinski definition) is 2.